The molecular weight excluding hydrogens is 127 g/mol. The van der Waals surface area contributed by atoms with Gasteiger partial charge >= 0.3 is 24.8 Å². The standard InChI is InChI=1S/C6H10O3.Li.H/c7-6(8)5-1-3-9-4-2-5;;/h5H,1-4H2,(H,7,8);;/q;+1;-1. The SMILES string of the molecule is O=C(O)C1CCOCC1.[H-].[Li+]. The molecule has 0 aromatic heterocycles. The van der Waals surface area contributed by atoms with Gasteiger partial charge in [-0.2, -0.15) is 0 Å². The van der Waals surface area contributed by atoms with E-state index in [1.165, 1.54) is 0 Å². The minimum absolute atomic E-state index is 0. The van der Waals surface area contributed by atoms with Crippen LogP contribution in [0.3, 0.4) is 0 Å². The summed E-state index contributed by atoms with van der Waals surface area (Å²) in [6.45, 7) is 1.22. The van der Waals surface area contributed by atoms with Gasteiger partial charge in [0.15, 0.2) is 0 Å². The molecule has 0 aromatic rings. The molecular formula is C6H11LiO3. The van der Waals surface area contributed by atoms with E-state index in [4.69, 9.17) is 9.84 Å². The van der Waals surface area contributed by atoms with Crippen LogP contribution in [0, 0.1) is 5.92 Å². The first-order valence-corrected chi connectivity index (χ1v) is 3.11. The zero-order chi connectivity index (χ0) is 6.69. The first-order valence-electron chi connectivity index (χ1n) is 3.11. The molecule has 1 aliphatic heterocycles. The van der Waals surface area contributed by atoms with Gasteiger partial charge in [0, 0.05) is 13.2 Å². The van der Waals surface area contributed by atoms with Gasteiger partial charge in [-0.25, -0.2) is 0 Å². The number of hydrogen-bond acceptors (Lipinski definition) is 2. The van der Waals surface area contributed by atoms with Gasteiger partial charge in [-0.3, -0.25) is 4.79 Å². The van der Waals surface area contributed by atoms with E-state index in [0.717, 1.165) is 0 Å². The smallest absolute Gasteiger partial charge is 1.00 e. The van der Waals surface area contributed by atoms with Crippen molar-refractivity contribution in [2.75, 3.05) is 13.2 Å². The zero-order valence-corrected chi connectivity index (χ0v) is 6.17. The van der Waals surface area contributed by atoms with Gasteiger partial charge in [0.2, 0.25) is 0 Å². The van der Waals surface area contributed by atoms with Crippen molar-refractivity contribution in [3.63, 3.8) is 0 Å². The number of ether oxygens (including phenoxy) is 1. The Kier molecular flexibility index (Phi) is 4.80. The molecule has 1 rings (SSSR count). The number of carboxylic acid groups (broad SMARTS) is 1. The Labute approximate surface area is 73.4 Å². The molecule has 1 saturated heterocycles. The molecule has 0 bridgehead atoms. The van der Waals surface area contributed by atoms with E-state index >= 15 is 0 Å². The van der Waals surface area contributed by atoms with E-state index in [0.29, 0.717) is 26.1 Å². The molecule has 10 heavy (non-hydrogen) atoms. The van der Waals surface area contributed by atoms with Crippen LogP contribution in [0.4, 0.5) is 0 Å². The minimum Gasteiger partial charge on any atom is -1.00 e. The zero-order valence-electron chi connectivity index (χ0n) is 7.17. The Morgan fingerprint density at radius 2 is 2.00 bits per heavy atom. The van der Waals surface area contributed by atoms with E-state index in [1.807, 2.05) is 0 Å². The van der Waals surface area contributed by atoms with E-state index in [-0.39, 0.29) is 26.2 Å². The molecule has 0 aliphatic carbocycles. The molecule has 4 heteroatoms. The Balaban J connectivity index is 0. The van der Waals surface area contributed by atoms with Crippen molar-refractivity contribution in [2.45, 2.75) is 12.8 Å². The number of aliphatic carboxylic acids is 1. The second-order valence-corrected chi connectivity index (χ2v) is 2.22. The third-order valence-corrected chi connectivity index (χ3v) is 1.57. The molecule has 54 valence electrons. The normalized spacial score (nSPS) is 19.6. The van der Waals surface area contributed by atoms with Crippen LogP contribution in [0.2, 0.25) is 0 Å². The van der Waals surface area contributed by atoms with E-state index in [1.54, 1.807) is 0 Å². The molecule has 0 unspecified atom stereocenters. The van der Waals surface area contributed by atoms with Gasteiger partial charge in [-0.15, -0.1) is 0 Å². The van der Waals surface area contributed by atoms with E-state index in [9.17, 15) is 4.79 Å². The predicted molar refractivity (Wildman–Crippen MR) is 32.3 cm³/mol. The summed E-state index contributed by atoms with van der Waals surface area (Å²) in [5.74, 6) is -0.836. The summed E-state index contributed by atoms with van der Waals surface area (Å²) >= 11 is 0. The quantitative estimate of drug-likeness (QED) is 0.411. The number of carbonyl (C=O) groups is 1. The molecule has 0 amide bonds. The summed E-state index contributed by atoms with van der Waals surface area (Å²) in [6, 6.07) is 0. The van der Waals surface area contributed by atoms with Gasteiger partial charge in [-0.1, -0.05) is 0 Å². The van der Waals surface area contributed by atoms with Crippen LogP contribution >= 0.6 is 0 Å². The summed E-state index contributed by atoms with van der Waals surface area (Å²) in [4.78, 5) is 10.3. The summed E-state index contributed by atoms with van der Waals surface area (Å²) < 4.78 is 4.99. The third kappa shape index (κ3) is 2.74. The van der Waals surface area contributed by atoms with Gasteiger partial charge < -0.3 is 11.3 Å². The predicted octanol–water partition coefficient (Wildman–Crippen LogP) is -2.39. The minimum atomic E-state index is -0.682. The third-order valence-electron chi connectivity index (χ3n) is 1.57. The van der Waals surface area contributed by atoms with E-state index in [2.05, 4.69) is 0 Å². The first kappa shape index (κ1) is 10.0. The molecule has 0 radical (unpaired) electrons. The Morgan fingerprint density at radius 3 is 2.30 bits per heavy atom. The number of rotatable bonds is 1. The average Bonchev–Trinajstić information content (AvgIpc) is 1.90. The summed E-state index contributed by atoms with van der Waals surface area (Å²) in [7, 11) is 0. The second-order valence-electron chi connectivity index (χ2n) is 2.22. The number of hydrogen-bond donors (Lipinski definition) is 1. The second kappa shape index (κ2) is 4.78. The molecule has 3 nitrogen and oxygen atoms in total. The summed E-state index contributed by atoms with van der Waals surface area (Å²) in [5.41, 5.74) is 0. The molecule has 0 saturated carbocycles. The Morgan fingerprint density at radius 1 is 1.50 bits per heavy atom. The summed E-state index contributed by atoms with van der Waals surface area (Å²) in [5, 5.41) is 8.48. The fourth-order valence-corrected chi connectivity index (χ4v) is 0.945. The van der Waals surface area contributed by atoms with Gasteiger partial charge in [0.1, 0.15) is 0 Å². The maximum Gasteiger partial charge on any atom is 1.00 e. The largest absolute Gasteiger partial charge is 1.00 e. The molecule has 0 spiro atoms. The van der Waals surface area contributed by atoms with Gasteiger partial charge in [-0.05, 0) is 12.8 Å². The molecule has 1 aliphatic rings. The fraction of sp³-hybridized carbons (Fsp3) is 0.833. The van der Waals surface area contributed by atoms with Crippen LogP contribution in [0.25, 0.3) is 0 Å². The van der Waals surface area contributed by atoms with Crippen LogP contribution in [0.1, 0.15) is 14.3 Å². The van der Waals surface area contributed by atoms with Gasteiger partial charge in [0.05, 0.1) is 5.92 Å². The van der Waals surface area contributed by atoms with E-state index < -0.39 is 5.97 Å². The molecule has 0 atom stereocenters. The number of carboxylic acids is 1. The van der Waals surface area contributed by atoms with Crippen LogP contribution in [0.5, 0.6) is 0 Å². The van der Waals surface area contributed by atoms with Crippen molar-refractivity contribution in [1.82, 2.24) is 0 Å². The maximum absolute atomic E-state index is 10.3. The topological polar surface area (TPSA) is 46.5 Å². The van der Waals surface area contributed by atoms with Crippen LogP contribution in [-0.2, 0) is 9.53 Å². The van der Waals surface area contributed by atoms with Crippen LogP contribution in [0.15, 0.2) is 0 Å². The fourth-order valence-electron chi connectivity index (χ4n) is 0.945. The maximum atomic E-state index is 10.3. The van der Waals surface area contributed by atoms with Crippen molar-refractivity contribution >= 4 is 5.97 Å². The summed E-state index contributed by atoms with van der Waals surface area (Å²) in [6.07, 6.45) is 1.35. The Hall–Kier alpha value is 0.0274. The Bertz CT molecular complexity index is 114. The van der Waals surface area contributed by atoms with Crippen molar-refractivity contribution < 1.29 is 34.9 Å². The monoisotopic (exact) mass is 138 g/mol. The molecule has 1 fully saturated rings. The molecule has 0 aromatic carbocycles. The van der Waals surface area contributed by atoms with Crippen LogP contribution < -0.4 is 18.9 Å². The van der Waals surface area contributed by atoms with Crippen molar-refractivity contribution in [1.29, 1.82) is 0 Å². The average molecular weight is 138 g/mol. The molecule has 1 heterocycles. The van der Waals surface area contributed by atoms with Crippen molar-refractivity contribution in [3.8, 4) is 0 Å². The first-order chi connectivity index (χ1) is 4.30. The van der Waals surface area contributed by atoms with Crippen molar-refractivity contribution in [3.05, 3.63) is 0 Å². The molecule has 1 N–H and O–H groups in total. The van der Waals surface area contributed by atoms with Crippen molar-refractivity contribution in [2.24, 2.45) is 5.92 Å². The van der Waals surface area contributed by atoms with Crippen LogP contribution in [-0.4, -0.2) is 24.3 Å². The van der Waals surface area contributed by atoms with Gasteiger partial charge in [0.25, 0.3) is 0 Å².